The molecule has 0 aliphatic rings. The maximum Gasteiger partial charge on any atom is 0.573 e. The van der Waals surface area contributed by atoms with E-state index in [0.29, 0.717) is 5.56 Å². The molecule has 0 fully saturated rings. The van der Waals surface area contributed by atoms with Crippen molar-refractivity contribution in [2.24, 2.45) is 0 Å². The average molecular weight is 508 g/mol. The van der Waals surface area contributed by atoms with Gasteiger partial charge >= 0.3 is 12.8 Å². The van der Waals surface area contributed by atoms with Gasteiger partial charge in [-0.05, 0) is 24.6 Å². The van der Waals surface area contributed by atoms with Crippen molar-refractivity contribution in [3.05, 3.63) is 48.1 Å². The van der Waals surface area contributed by atoms with Crippen LogP contribution in [0.5, 0.6) is 5.75 Å². The number of hydrogen-bond acceptors (Lipinski definition) is 9. The summed E-state index contributed by atoms with van der Waals surface area (Å²) in [6, 6.07) is 3.99. The fourth-order valence-electron chi connectivity index (χ4n) is 2.57. The largest absolute Gasteiger partial charge is 0.573 e. The Labute approximate surface area is 189 Å². The average Bonchev–Trinajstić information content (AvgIpc) is 3.27. The molecule has 2 heterocycles. The molecule has 0 bridgehead atoms. The van der Waals surface area contributed by atoms with Crippen molar-refractivity contribution in [1.82, 2.24) is 24.9 Å². The molecule has 3 rings (SSSR count). The quantitative estimate of drug-likeness (QED) is 0.395. The van der Waals surface area contributed by atoms with Gasteiger partial charge in [0.25, 0.3) is 11.8 Å². The summed E-state index contributed by atoms with van der Waals surface area (Å²) >= 11 is 0. The number of hydrogen-bond donors (Lipinski definition) is 2. The van der Waals surface area contributed by atoms with Gasteiger partial charge in [0, 0.05) is 18.9 Å². The van der Waals surface area contributed by atoms with Gasteiger partial charge in [0.05, 0.1) is 17.4 Å². The first-order valence-electron chi connectivity index (χ1n) is 9.49. The number of anilines is 1. The first-order valence-corrected chi connectivity index (χ1v) is 11.1. The van der Waals surface area contributed by atoms with Crippen LogP contribution >= 0.6 is 0 Å². The van der Waals surface area contributed by atoms with E-state index >= 15 is 0 Å². The van der Waals surface area contributed by atoms with Gasteiger partial charge in [-0.15, -0.1) is 23.4 Å². The molecule has 0 amide bonds. The van der Waals surface area contributed by atoms with Crippen LogP contribution in [0.15, 0.2) is 41.1 Å². The zero-order valence-electron chi connectivity index (χ0n) is 17.3. The van der Waals surface area contributed by atoms with Crippen LogP contribution in [0.3, 0.4) is 0 Å². The van der Waals surface area contributed by atoms with Crippen molar-refractivity contribution in [2.75, 3.05) is 17.6 Å². The second kappa shape index (κ2) is 10.3. The van der Waals surface area contributed by atoms with Gasteiger partial charge in [-0.2, -0.15) is 8.78 Å². The molecule has 0 aliphatic carbocycles. The first-order chi connectivity index (χ1) is 16.0. The lowest BCUT2D eigenvalue weighted by molar-refractivity contribution is -0.274. The molecule has 3 aromatic rings. The molecular formula is C18H17F5N6O4S. The molecule has 184 valence electrons. The van der Waals surface area contributed by atoms with E-state index in [0.717, 1.165) is 12.1 Å². The topological polar surface area (TPSA) is 132 Å². The van der Waals surface area contributed by atoms with Crippen molar-refractivity contribution in [3.8, 4) is 17.2 Å². The van der Waals surface area contributed by atoms with Crippen molar-refractivity contribution in [2.45, 2.75) is 25.8 Å². The third-order valence-electron chi connectivity index (χ3n) is 4.23. The predicted molar refractivity (Wildman–Crippen MR) is 107 cm³/mol. The predicted octanol–water partition coefficient (Wildman–Crippen LogP) is 3.46. The molecule has 0 radical (unpaired) electrons. The Morgan fingerprint density at radius 3 is 2.26 bits per heavy atom. The summed E-state index contributed by atoms with van der Waals surface area (Å²) in [6.07, 6.45) is -5.37. The summed E-state index contributed by atoms with van der Waals surface area (Å²) in [5, 5.41) is 9.55. The molecule has 34 heavy (non-hydrogen) atoms. The lowest BCUT2D eigenvalue weighted by Crippen LogP contribution is -2.32. The van der Waals surface area contributed by atoms with Crippen molar-refractivity contribution in [1.29, 1.82) is 0 Å². The lowest BCUT2D eigenvalue weighted by Gasteiger charge is -2.20. The Morgan fingerprint density at radius 2 is 1.74 bits per heavy atom. The van der Waals surface area contributed by atoms with E-state index in [1.165, 1.54) is 31.5 Å². The normalized spacial score (nSPS) is 13.1. The van der Waals surface area contributed by atoms with Crippen LogP contribution in [0.2, 0.25) is 0 Å². The highest BCUT2D eigenvalue weighted by molar-refractivity contribution is 7.89. The first kappa shape index (κ1) is 25.2. The van der Waals surface area contributed by atoms with Crippen molar-refractivity contribution >= 4 is 16.0 Å². The van der Waals surface area contributed by atoms with Gasteiger partial charge < -0.3 is 14.5 Å². The van der Waals surface area contributed by atoms with Gasteiger partial charge in [-0.3, -0.25) is 0 Å². The van der Waals surface area contributed by atoms with E-state index in [9.17, 15) is 30.4 Å². The standard InChI is InChI=1S/C18H17F5N6O4S/c1-2-34(30,31)26-9-13(10-3-5-12(6-4-10)33-18(21,22)23)27-17-24-7-11(8-25-17)15-28-29-16(32-15)14(19)20/h3-8,13-14,26H,2,9H2,1H3,(H,24,25,27). The summed E-state index contributed by atoms with van der Waals surface area (Å²) in [5.74, 6) is -1.72. The number of halogens is 5. The summed E-state index contributed by atoms with van der Waals surface area (Å²) in [6.45, 7) is 1.26. The number of ether oxygens (including phenoxy) is 1. The van der Waals surface area contributed by atoms with E-state index in [1.807, 2.05) is 0 Å². The van der Waals surface area contributed by atoms with Gasteiger partial charge in [0.1, 0.15) is 5.75 Å². The van der Waals surface area contributed by atoms with Gasteiger partial charge in [0.15, 0.2) is 0 Å². The maximum absolute atomic E-state index is 12.6. The Hall–Kier alpha value is -3.40. The fraction of sp³-hybridized carbons (Fsp3) is 0.333. The molecule has 0 aliphatic heterocycles. The highest BCUT2D eigenvalue weighted by Crippen LogP contribution is 2.26. The van der Waals surface area contributed by atoms with Crippen molar-refractivity contribution < 1.29 is 39.5 Å². The number of rotatable bonds is 10. The van der Waals surface area contributed by atoms with Crippen LogP contribution in [-0.4, -0.2) is 47.2 Å². The Morgan fingerprint density at radius 1 is 1.09 bits per heavy atom. The maximum atomic E-state index is 12.6. The van der Waals surface area contributed by atoms with Crippen LogP contribution < -0.4 is 14.8 Å². The Kier molecular flexibility index (Phi) is 7.61. The summed E-state index contributed by atoms with van der Waals surface area (Å²) < 4.78 is 97.1. The minimum atomic E-state index is -4.86. The Bertz CT molecular complexity index is 1190. The van der Waals surface area contributed by atoms with E-state index in [4.69, 9.17) is 4.42 Å². The Balaban J connectivity index is 1.79. The minimum absolute atomic E-state index is 0.00802. The molecule has 2 aromatic heterocycles. The van der Waals surface area contributed by atoms with Crippen LogP contribution in [-0.2, 0) is 10.0 Å². The number of aromatic nitrogens is 4. The van der Waals surface area contributed by atoms with E-state index in [2.05, 4.69) is 34.9 Å². The van der Waals surface area contributed by atoms with Gasteiger partial charge in [-0.25, -0.2) is 23.1 Å². The third kappa shape index (κ3) is 7.05. The van der Waals surface area contributed by atoms with Crippen LogP contribution in [0.25, 0.3) is 11.5 Å². The molecule has 10 nitrogen and oxygen atoms in total. The molecule has 16 heteroatoms. The highest BCUT2D eigenvalue weighted by atomic mass is 32.2. The van der Waals surface area contributed by atoms with Gasteiger partial charge in [-0.1, -0.05) is 12.1 Å². The lowest BCUT2D eigenvalue weighted by atomic mass is 10.1. The number of nitrogens with one attached hydrogen (secondary N) is 2. The summed E-state index contributed by atoms with van der Waals surface area (Å²) in [7, 11) is -3.59. The summed E-state index contributed by atoms with van der Waals surface area (Å²) in [4.78, 5) is 8.03. The highest BCUT2D eigenvalue weighted by Gasteiger charge is 2.31. The molecule has 0 saturated carbocycles. The molecule has 1 atom stereocenters. The number of sulfonamides is 1. The molecule has 2 N–H and O–H groups in total. The smallest absolute Gasteiger partial charge is 0.415 e. The minimum Gasteiger partial charge on any atom is -0.415 e. The molecule has 1 aromatic carbocycles. The van der Waals surface area contributed by atoms with Crippen LogP contribution in [0.1, 0.15) is 30.8 Å². The van der Waals surface area contributed by atoms with E-state index in [-0.39, 0.29) is 29.7 Å². The number of benzene rings is 1. The van der Waals surface area contributed by atoms with Gasteiger partial charge in [0.2, 0.25) is 16.0 Å². The third-order valence-corrected chi connectivity index (χ3v) is 5.60. The monoisotopic (exact) mass is 508 g/mol. The molecular weight excluding hydrogens is 491 g/mol. The van der Waals surface area contributed by atoms with Crippen LogP contribution in [0.4, 0.5) is 27.9 Å². The number of alkyl halides is 5. The fourth-order valence-corrected chi connectivity index (χ4v) is 3.20. The van der Waals surface area contributed by atoms with Crippen molar-refractivity contribution in [3.63, 3.8) is 0 Å². The SMILES string of the molecule is CCS(=O)(=O)NCC(Nc1ncc(-c2nnc(C(F)F)o2)cn1)c1ccc(OC(F)(F)F)cc1. The molecule has 1 unspecified atom stereocenters. The second-order valence-electron chi connectivity index (χ2n) is 6.61. The second-order valence-corrected chi connectivity index (χ2v) is 8.70. The number of nitrogens with zero attached hydrogens (tertiary/aromatic N) is 4. The van der Waals surface area contributed by atoms with E-state index < -0.39 is 40.5 Å². The zero-order chi connectivity index (χ0) is 24.9. The molecule has 0 spiro atoms. The summed E-state index contributed by atoms with van der Waals surface area (Å²) in [5.41, 5.74) is 0.557. The zero-order valence-corrected chi connectivity index (χ0v) is 18.1. The van der Waals surface area contributed by atoms with Crippen LogP contribution in [0, 0.1) is 0 Å². The molecule has 0 saturated heterocycles. The van der Waals surface area contributed by atoms with E-state index in [1.54, 1.807) is 0 Å².